The monoisotopic (exact) mass is 273 g/mol. The van der Waals surface area contributed by atoms with Crippen LogP contribution in [0.25, 0.3) is 21.7 Å². The molecule has 98 valence electrons. The predicted molar refractivity (Wildman–Crippen MR) is 78.1 cm³/mol. The van der Waals surface area contributed by atoms with E-state index in [1.807, 2.05) is 13.0 Å². The molecular weight excluding hydrogens is 258 g/mol. The summed E-state index contributed by atoms with van der Waals surface area (Å²) < 4.78 is 2.22. The number of aromatic nitrogens is 4. The van der Waals surface area contributed by atoms with Crippen molar-refractivity contribution in [2.24, 2.45) is 0 Å². The summed E-state index contributed by atoms with van der Waals surface area (Å²) in [4.78, 5) is 14.2. The summed E-state index contributed by atoms with van der Waals surface area (Å²) in [5.41, 5.74) is 8.75. The number of hydrogen-bond acceptors (Lipinski definition) is 5. The van der Waals surface area contributed by atoms with Crippen LogP contribution in [0.2, 0.25) is 0 Å². The van der Waals surface area contributed by atoms with Crippen LogP contribution in [-0.2, 0) is 6.54 Å². The van der Waals surface area contributed by atoms with Crippen molar-refractivity contribution < 1.29 is 0 Å². The lowest BCUT2D eigenvalue weighted by atomic mass is 10.3. The van der Waals surface area contributed by atoms with E-state index in [-0.39, 0.29) is 0 Å². The first kappa shape index (κ1) is 12.1. The van der Waals surface area contributed by atoms with Crippen LogP contribution < -0.4 is 5.73 Å². The van der Waals surface area contributed by atoms with E-state index in [4.69, 9.17) is 10.7 Å². The van der Waals surface area contributed by atoms with E-state index >= 15 is 0 Å². The van der Waals surface area contributed by atoms with Crippen molar-refractivity contribution >= 4 is 27.5 Å². The fraction of sp³-hybridized carbons (Fsp3) is 0.308. The molecular formula is C13H15N5S. The predicted octanol–water partition coefficient (Wildman–Crippen LogP) is 2.86. The minimum Gasteiger partial charge on any atom is -0.375 e. The number of rotatable bonds is 3. The van der Waals surface area contributed by atoms with Gasteiger partial charge in [0.15, 0.2) is 11.0 Å². The van der Waals surface area contributed by atoms with Crippen molar-refractivity contribution in [2.45, 2.75) is 26.8 Å². The Morgan fingerprint density at radius 3 is 2.89 bits per heavy atom. The number of imidazole rings is 1. The number of nitrogens with zero attached hydrogens (tertiary/aromatic N) is 4. The van der Waals surface area contributed by atoms with Crippen LogP contribution in [0.15, 0.2) is 18.5 Å². The fourth-order valence-electron chi connectivity index (χ4n) is 2.23. The summed E-state index contributed by atoms with van der Waals surface area (Å²) in [6.45, 7) is 5.05. The van der Waals surface area contributed by atoms with Crippen LogP contribution in [-0.4, -0.2) is 19.5 Å². The topological polar surface area (TPSA) is 69.6 Å². The first-order valence-corrected chi connectivity index (χ1v) is 7.06. The third kappa shape index (κ3) is 1.98. The van der Waals surface area contributed by atoms with Gasteiger partial charge in [0.1, 0.15) is 5.52 Å². The normalized spacial score (nSPS) is 11.3. The molecule has 0 aliphatic rings. The molecule has 0 aliphatic carbocycles. The molecule has 0 aliphatic heterocycles. The molecule has 3 aromatic rings. The highest BCUT2D eigenvalue weighted by Gasteiger charge is 2.17. The van der Waals surface area contributed by atoms with Crippen LogP contribution in [0.5, 0.6) is 0 Å². The van der Waals surface area contributed by atoms with Crippen LogP contribution in [0.3, 0.4) is 0 Å². The number of hydrogen-bond donors (Lipinski definition) is 1. The molecule has 3 heterocycles. The minimum atomic E-state index is 0.584. The van der Waals surface area contributed by atoms with Gasteiger partial charge in [0.25, 0.3) is 0 Å². The van der Waals surface area contributed by atoms with Gasteiger partial charge in [-0.25, -0.2) is 9.97 Å². The quantitative estimate of drug-likeness (QED) is 0.796. The Bertz CT molecular complexity index is 728. The number of aryl methyl sites for hydroxylation is 2. The number of nitrogens with two attached hydrogens (primary N) is 1. The lowest BCUT2D eigenvalue weighted by Gasteiger charge is -2.06. The third-order valence-electron chi connectivity index (χ3n) is 3.01. The van der Waals surface area contributed by atoms with E-state index in [1.54, 1.807) is 12.4 Å². The smallest absolute Gasteiger partial charge is 0.180 e. The van der Waals surface area contributed by atoms with E-state index in [2.05, 4.69) is 21.5 Å². The standard InChI is InChI=1S/C13H15N5S/c1-3-6-18-10-4-5-15-7-9(10)17-12(18)11-8(2)16-13(14)19-11/h4-5,7H,3,6H2,1-2H3,(H2,14,16). The van der Waals surface area contributed by atoms with Gasteiger partial charge in [0.2, 0.25) is 0 Å². The molecule has 6 heteroatoms. The molecule has 0 saturated carbocycles. The number of thiazole rings is 1. The molecule has 0 radical (unpaired) electrons. The zero-order valence-corrected chi connectivity index (χ0v) is 11.7. The molecule has 0 saturated heterocycles. The molecule has 0 bridgehead atoms. The Morgan fingerprint density at radius 2 is 2.21 bits per heavy atom. The van der Waals surface area contributed by atoms with Crippen LogP contribution >= 0.6 is 11.3 Å². The van der Waals surface area contributed by atoms with Crippen molar-refractivity contribution in [1.82, 2.24) is 19.5 Å². The SMILES string of the molecule is CCCn1c(-c2sc(N)nc2C)nc2cnccc21. The van der Waals surface area contributed by atoms with Gasteiger partial charge >= 0.3 is 0 Å². The summed E-state index contributed by atoms with van der Waals surface area (Å²) in [5.74, 6) is 0.941. The first-order chi connectivity index (χ1) is 9.20. The number of pyridine rings is 1. The van der Waals surface area contributed by atoms with Gasteiger partial charge in [0, 0.05) is 12.7 Å². The van der Waals surface area contributed by atoms with Gasteiger partial charge < -0.3 is 10.3 Å². The second-order valence-corrected chi connectivity index (χ2v) is 5.45. The van der Waals surface area contributed by atoms with Gasteiger partial charge in [-0.15, -0.1) is 0 Å². The van der Waals surface area contributed by atoms with Gasteiger partial charge in [-0.1, -0.05) is 18.3 Å². The van der Waals surface area contributed by atoms with Crippen LogP contribution in [0.1, 0.15) is 19.0 Å². The highest BCUT2D eigenvalue weighted by Crippen LogP contribution is 2.32. The summed E-state index contributed by atoms with van der Waals surface area (Å²) in [7, 11) is 0. The summed E-state index contributed by atoms with van der Waals surface area (Å²) in [5, 5.41) is 0.584. The van der Waals surface area contributed by atoms with Crippen molar-refractivity contribution in [2.75, 3.05) is 5.73 Å². The van der Waals surface area contributed by atoms with Gasteiger partial charge in [-0.3, -0.25) is 4.98 Å². The molecule has 0 fully saturated rings. The molecule has 0 amide bonds. The van der Waals surface area contributed by atoms with Gasteiger partial charge in [-0.05, 0) is 19.4 Å². The molecule has 19 heavy (non-hydrogen) atoms. The zero-order valence-electron chi connectivity index (χ0n) is 10.9. The average Bonchev–Trinajstić information content (AvgIpc) is 2.91. The third-order valence-corrected chi connectivity index (χ3v) is 4.00. The Morgan fingerprint density at radius 1 is 1.37 bits per heavy atom. The molecule has 0 atom stereocenters. The maximum atomic E-state index is 5.79. The van der Waals surface area contributed by atoms with Gasteiger partial charge in [0.05, 0.1) is 22.3 Å². The largest absolute Gasteiger partial charge is 0.375 e. The van der Waals surface area contributed by atoms with Crippen LogP contribution in [0.4, 0.5) is 5.13 Å². The van der Waals surface area contributed by atoms with Crippen LogP contribution in [0, 0.1) is 6.92 Å². The highest BCUT2D eigenvalue weighted by atomic mass is 32.1. The number of anilines is 1. The Kier molecular flexibility index (Phi) is 2.94. The lowest BCUT2D eigenvalue weighted by molar-refractivity contribution is 0.704. The first-order valence-electron chi connectivity index (χ1n) is 6.24. The van der Waals surface area contributed by atoms with E-state index in [9.17, 15) is 0 Å². The Labute approximate surface area is 115 Å². The van der Waals surface area contributed by atoms with E-state index in [1.165, 1.54) is 11.3 Å². The Balaban J connectivity index is 2.27. The minimum absolute atomic E-state index is 0.584. The van der Waals surface area contributed by atoms with E-state index in [0.717, 1.165) is 40.4 Å². The molecule has 5 nitrogen and oxygen atoms in total. The number of nitrogen functional groups attached to an aromatic ring is 1. The molecule has 0 aromatic carbocycles. The second kappa shape index (κ2) is 4.62. The van der Waals surface area contributed by atoms with Crippen molar-refractivity contribution in [1.29, 1.82) is 0 Å². The molecule has 3 aromatic heterocycles. The fourth-order valence-corrected chi connectivity index (χ4v) is 3.06. The summed E-state index contributed by atoms with van der Waals surface area (Å²) >= 11 is 1.49. The molecule has 0 spiro atoms. The molecule has 2 N–H and O–H groups in total. The zero-order chi connectivity index (χ0) is 13.4. The molecule has 0 unspecified atom stereocenters. The lowest BCUT2D eigenvalue weighted by Crippen LogP contribution is -1.99. The Hall–Kier alpha value is -1.95. The maximum absolute atomic E-state index is 5.79. The average molecular weight is 273 g/mol. The van der Waals surface area contributed by atoms with Crippen molar-refractivity contribution in [3.8, 4) is 10.7 Å². The maximum Gasteiger partial charge on any atom is 0.180 e. The summed E-state index contributed by atoms with van der Waals surface area (Å²) in [6.07, 6.45) is 4.65. The van der Waals surface area contributed by atoms with Gasteiger partial charge in [-0.2, -0.15) is 0 Å². The second-order valence-electron chi connectivity index (χ2n) is 4.42. The molecule has 3 rings (SSSR count). The highest BCUT2D eigenvalue weighted by molar-refractivity contribution is 7.18. The van der Waals surface area contributed by atoms with E-state index in [0.29, 0.717) is 5.13 Å². The van der Waals surface area contributed by atoms with E-state index < -0.39 is 0 Å². The van der Waals surface area contributed by atoms with Crippen molar-refractivity contribution in [3.63, 3.8) is 0 Å². The number of fused-ring (bicyclic) bond motifs is 1. The van der Waals surface area contributed by atoms with Crippen molar-refractivity contribution in [3.05, 3.63) is 24.2 Å². The summed E-state index contributed by atoms with van der Waals surface area (Å²) in [6, 6.07) is 2.00.